The van der Waals surface area contributed by atoms with E-state index < -0.39 is 0 Å². The van der Waals surface area contributed by atoms with E-state index in [9.17, 15) is 4.39 Å². The molecular weight excluding hydrogens is 229 g/mol. The molecule has 102 valence electrons. The number of halogens is 1. The maximum atomic E-state index is 13.8. The van der Waals surface area contributed by atoms with Crippen molar-refractivity contribution in [3.8, 4) is 5.75 Å². The highest BCUT2D eigenvalue weighted by molar-refractivity contribution is 5.30. The second-order valence-corrected chi connectivity index (χ2v) is 5.27. The van der Waals surface area contributed by atoms with Gasteiger partial charge in [-0.3, -0.25) is 0 Å². The molecule has 2 nitrogen and oxygen atoms in total. The van der Waals surface area contributed by atoms with Crippen molar-refractivity contribution in [3.05, 3.63) is 29.6 Å². The average Bonchev–Trinajstić information content (AvgIpc) is 2.28. The van der Waals surface area contributed by atoms with E-state index in [1.807, 2.05) is 27.0 Å². The van der Waals surface area contributed by atoms with Crippen LogP contribution in [0.25, 0.3) is 0 Å². The van der Waals surface area contributed by atoms with Crippen LogP contribution in [0.1, 0.15) is 33.3 Å². The molecule has 1 aromatic carbocycles. The van der Waals surface area contributed by atoms with Crippen molar-refractivity contribution < 1.29 is 9.13 Å². The zero-order valence-electron chi connectivity index (χ0n) is 12.0. The third kappa shape index (κ3) is 4.30. The maximum Gasteiger partial charge on any atom is 0.165 e. The summed E-state index contributed by atoms with van der Waals surface area (Å²) in [5.74, 6) is 0.573. The number of hydrogen-bond acceptors (Lipinski definition) is 2. The van der Waals surface area contributed by atoms with Gasteiger partial charge in [0.25, 0.3) is 0 Å². The summed E-state index contributed by atoms with van der Waals surface area (Å²) in [5.41, 5.74) is 0.997. The quantitative estimate of drug-likeness (QED) is 0.839. The van der Waals surface area contributed by atoms with Crippen LogP contribution in [0.15, 0.2) is 18.2 Å². The minimum absolute atomic E-state index is 0.00827. The number of ether oxygens (including phenoxy) is 1. The molecule has 1 N–H and O–H groups in total. The van der Waals surface area contributed by atoms with Crippen molar-refractivity contribution in [1.82, 2.24) is 5.32 Å². The number of nitrogens with one attached hydrogen (secondary N) is 1. The summed E-state index contributed by atoms with van der Waals surface area (Å²) in [6.45, 7) is 8.10. The van der Waals surface area contributed by atoms with Crippen molar-refractivity contribution in [2.45, 2.75) is 46.3 Å². The van der Waals surface area contributed by atoms with Gasteiger partial charge in [-0.25, -0.2) is 4.39 Å². The molecule has 3 heteroatoms. The highest BCUT2D eigenvalue weighted by atomic mass is 19.1. The van der Waals surface area contributed by atoms with Crippen LogP contribution in [0.2, 0.25) is 0 Å². The monoisotopic (exact) mass is 253 g/mol. The Labute approximate surface area is 110 Å². The average molecular weight is 253 g/mol. The van der Waals surface area contributed by atoms with Crippen LogP contribution in [-0.2, 0) is 6.42 Å². The van der Waals surface area contributed by atoms with E-state index in [0.29, 0.717) is 17.7 Å². The molecule has 1 rings (SSSR count). The van der Waals surface area contributed by atoms with E-state index in [1.165, 1.54) is 0 Å². The summed E-state index contributed by atoms with van der Waals surface area (Å²) < 4.78 is 19.2. The fourth-order valence-electron chi connectivity index (χ4n) is 1.95. The molecule has 0 saturated heterocycles. The van der Waals surface area contributed by atoms with Crippen LogP contribution in [0.3, 0.4) is 0 Å². The number of hydrogen-bond donors (Lipinski definition) is 1. The van der Waals surface area contributed by atoms with E-state index in [2.05, 4.69) is 19.2 Å². The molecular formula is C15H24FNO. The summed E-state index contributed by atoms with van der Waals surface area (Å²) in [7, 11) is 1.94. The van der Waals surface area contributed by atoms with Crippen LogP contribution in [0, 0.1) is 11.7 Å². The van der Waals surface area contributed by atoms with Crippen molar-refractivity contribution >= 4 is 0 Å². The first kappa shape index (κ1) is 15.0. The van der Waals surface area contributed by atoms with Crippen LogP contribution < -0.4 is 10.1 Å². The Bertz CT molecular complexity index is 377. The molecule has 0 aromatic heterocycles. The molecule has 0 aliphatic carbocycles. The Morgan fingerprint density at radius 3 is 2.33 bits per heavy atom. The maximum absolute atomic E-state index is 13.8. The van der Waals surface area contributed by atoms with Crippen molar-refractivity contribution in [2.24, 2.45) is 5.92 Å². The molecule has 0 heterocycles. The Morgan fingerprint density at radius 2 is 1.89 bits per heavy atom. The summed E-state index contributed by atoms with van der Waals surface area (Å²) in [6.07, 6.45) is 0.818. The van der Waals surface area contributed by atoms with E-state index in [-0.39, 0.29) is 11.9 Å². The van der Waals surface area contributed by atoms with Gasteiger partial charge in [0.05, 0.1) is 6.10 Å². The first-order valence-corrected chi connectivity index (χ1v) is 6.56. The van der Waals surface area contributed by atoms with Crippen LogP contribution in [0.5, 0.6) is 5.75 Å². The second kappa shape index (κ2) is 6.74. The first-order valence-electron chi connectivity index (χ1n) is 6.56. The predicted octanol–water partition coefficient (Wildman–Crippen LogP) is 3.40. The summed E-state index contributed by atoms with van der Waals surface area (Å²) in [5, 5.41) is 3.26. The molecule has 0 radical (unpaired) electrons. The summed E-state index contributed by atoms with van der Waals surface area (Å²) >= 11 is 0. The van der Waals surface area contributed by atoms with Gasteiger partial charge in [0.15, 0.2) is 11.6 Å². The predicted molar refractivity (Wildman–Crippen MR) is 73.6 cm³/mol. The number of rotatable bonds is 6. The molecule has 0 fully saturated rings. The van der Waals surface area contributed by atoms with Crippen molar-refractivity contribution in [1.29, 1.82) is 0 Å². The Morgan fingerprint density at radius 1 is 1.22 bits per heavy atom. The highest BCUT2D eigenvalue weighted by Crippen LogP contribution is 2.21. The van der Waals surface area contributed by atoms with Crippen LogP contribution in [0.4, 0.5) is 4.39 Å². The lowest BCUT2D eigenvalue weighted by molar-refractivity contribution is 0.231. The minimum Gasteiger partial charge on any atom is -0.488 e. The molecule has 18 heavy (non-hydrogen) atoms. The van der Waals surface area contributed by atoms with E-state index in [4.69, 9.17) is 4.74 Å². The lowest BCUT2D eigenvalue weighted by Crippen LogP contribution is -2.32. The number of likely N-dealkylation sites (N-methyl/N-ethyl adjacent to an activating group) is 1. The highest BCUT2D eigenvalue weighted by Gasteiger charge is 2.13. The lowest BCUT2D eigenvalue weighted by atomic mass is 9.96. The second-order valence-electron chi connectivity index (χ2n) is 5.27. The minimum atomic E-state index is -0.278. The molecule has 1 aromatic rings. The van der Waals surface area contributed by atoms with Crippen LogP contribution >= 0.6 is 0 Å². The molecule has 0 saturated carbocycles. The molecule has 0 amide bonds. The van der Waals surface area contributed by atoms with Crippen molar-refractivity contribution in [2.75, 3.05) is 7.05 Å². The van der Waals surface area contributed by atoms with E-state index >= 15 is 0 Å². The normalized spacial score (nSPS) is 13.1. The van der Waals surface area contributed by atoms with Gasteiger partial charge < -0.3 is 10.1 Å². The van der Waals surface area contributed by atoms with Crippen LogP contribution in [-0.4, -0.2) is 19.2 Å². The third-order valence-corrected chi connectivity index (χ3v) is 2.99. The zero-order valence-corrected chi connectivity index (χ0v) is 12.0. The fourth-order valence-corrected chi connectivity index (χ4v) is 1.95. The van der Waals surface area contributed by atoms with E-state index in [0.717, 1.165) is 12.0 Å². The van der Waals surface area contributed by atoms with Gasteiger partial charge in [0, 0.05) is 6.04 Å². The lowest BCUT2D eigenvalue weighted by Gasteiger charge is -2.20. The zero-order chi connectivity index (χ0) is 13.7. The smallest absolute Gasteiger partial charge is 0.165 e. The molecule has 0 spiro atoms. The van der Waals surface area contributed by atoms with Gasteiger partial charge in [0.2, 0.25) is 0 Å². The Hall–Kier alpha value is -1.09. The van der Waals surface area contributed by atoms with Gasteiger partial charge in [-0.2, -0.15) is 0 Å². The molecule has 0 aliphatic rings. The summed E-state index contributed by atoms with van der Waals surface area (Å²) in [6, 6.07) is 5.59. The van der Waals surface area contributed by atoms with Crippen molar-refractivity contribution in [3.63, 3.8) is 0 Å². The van der Waals surface area contributed by atoms with Gasteiger partial charge in [-0.1, -0.05) is 19.9 Å². The molecule has 1 unspecified atom stereocenters. The molecule has 0 bridgehead atoms. The summed E-state index contributed by atoms with van der Waals surface area (Å²) in [4.78, 5) is 0. The third-order valence-electron chi connectivity index (χ3n) is 2.99. The Balaban J connectivity index is 2.77. The fraction of sp³-hybridized carbons (Fsp3) is 0.600. The van der Waals surface area contributed by atoms with Gasteiger partial charge in [-0.15, -0.1) is 0 Å². The topological polar surface area (TPSA) is 21.3 Å². The molecule has 1 atom stereocenters. The van der Waals surface area contributed by atoms with Gasteiger partial charge in [0.1, 0.15) is 0 Å². The van der Waals surface area contributed by atoms with Gasteiger partial charge >= 0.3 is 0 Å². The molecule has 0 aliphatic heterocycles. The SMILES string of the molecule is CNC(Cc1ccc(OC(C)C)c(F)c1)C(C)C. The largest absolute Gasteiger partial charge is 0.488 e. The number of benzene rings is 1. The van der Waals surface area contributed by atoms with Gasteiger partial charge in [-0.05, 0) is 50.9 Å². The first-order chi connectivity index (χ1) is 8.43. The standard InChI is InChI=1S/C15H24FNO/c1-10(2)14(17-5)9-12-6-7-15(13(16)8-12)18-11(3)4/h6-8,10-11,14,17H,9H2,1-5H3. The van der Waals surface area contributed by atoms with E-state index in [1.54, 1.807) is 12.1 Å². The Kier molecular flexibility index (Phi) is 5.60.